The third-order valence-electron chi connectivity index (χ3n) is 5.29. The van der Waals surface area contributed by atoms with E-state index >= 15 is 0 Å². The number of nitrogens with zero attached hydrogens (tertiary/aromatic N) is 3. The quantitative estimate of drug-likeness (QED) is 0.634. The molecule has 1 saturated carbocycles. The molecule has 1 aromatic heterocycles. The molecule has 0 bridgehead atoms. The highest BCUT2D eigenvalue weighted by molar-refractivity contribution is 7.11. The third kappa shape index (κ3) is 4.70. The molecular formula is C18H31N5S. The van der Waals surface area contributed by atoms with E-state index in [0.717, 1.165) is 30.0 Å². The molecule has 1 aliphatic carbocycles. The summed E-state index contributed by atoms with van der Waals surface area (Å²) in [4.78, 5) is 12.9. The number of aliphatic imine (C=N–C) groups is 1. The van der Waals surface area contributed by atoms with Gasteiger partial charge in [-0.05, 0) is 32.1 Å². The fourth-order valence-corrected chi connectivity index (χ4v) is 4.62. The van der Waals surface area contributed by atoms with E-state index in [1.165, 1.54) is 56.5 Å². The van der Waals surface area contributed by atoms with Crippen LogP contribution in [0.1, 0.15) is 55.3 Å². The summed E-state index contributed by atoms with van der Waals surface area (Å²) in [5, 5.41) is 8.14. The maximum atomic E-state index is 4.46. The van der Waals surface area contributed by atoms with Gasteiger partial charge in [-0.3, -0.25) is 4.99 Å². The number of rotatable bonds is 5. The van der Waals surface area contributed by atoms with Crippen LogP contribution in [0, 0.1) is 0 Å². The molecule has 0 amide bonds. The Kier molecular flexibility index (Phi) is 6.49. The lowest BCUT2D eigenvalue weighted by Crippen LogP contribution is -2.50. The van der Waals surface area contributed by atoms with Crippen molar-refractivity contribution in [3.8, 4) is 0 Å². The Hall–Kier alpha value is -1.14. The van der Waals surface area contributed by atoms with Gasteiger partial charge in [0.15, 0.2) is 5.96 Å². The summed E-state index contributed by atoms with van der Waals surface area (Å²) in [6.07, 6.45) is 11.2. The van der Waals surface area contributed by atoms with Crippen LogP contribution in [0.4, 0.5) is 0 Å². The Bertz CT molecular complexity index is 527. The van der Waals surface area contributed by atoms with Crippen LogP contribution in [0.15, 0.2) is 11.2 Å². The number of aryl methyl sites for hydroxylation is 1. The fraction of sp³-hybridized carbons (Fsp3) is 0.778. The largest absolute Gasteiger partial charge is 0.354 e. The molecule has 3 rings (SSSR count). The van der Waals surface area contributed by atoms with Gasteiger partial charge in [0.1, 0.15) is 5.01 Å². The van der Waals surface area contributed by atoms with Crippen LogP contribution in [-0.2, 0) is 13.0 Å². The summed E-state index contributed by atoms with van der Waals surface area (Å²) in [5.74, 6) is 0.905. The monoisotopic (exact) mass is 349 g/mol. The van der Waals surface area contributed by atoms with Gasteiger partial charge in [-0.15, -0.1) is 11.3 Å². The lowest BCUT2D eigenvalue weighted by atomic mass is 10.0. The van der Waals surface area contributed by atoms with Crippen LogP contribution in [0.3, 0.4) is 0 Å². The average Bonchev–Trinajstić information content (AvgIpc) is 3.30. The van der Waals surface area contributed by atoms with Gasteiger partial charge in [0.2, 0.25) is 0 Å². The minimum Gasteiger partial charge on any atom is -0.354 e. The van der Waals surface area contributed by atoms with Crippen LogP contribution in [0.25, 0.3) is 0 Å². The average molecular weight is 350 g/mol. The zero-order valence-corrected chi connectivity index (χ0v) is 15.9. The topological polar surface area (TPSA) is 52.6 Å². The van der Waals surface area contributed by atoms with Crippen molar-refractivity contribution in [2.75, 3.05) is 20.1 Å². The number of hydrogen-bond donors (Lipinski definition) is 2. The fourth-order valence-electron chi connectivity index (χ4n) is 3.82. The van der Waals surface area contributed by atoms with Crippen molar-refractivity contribution in [1.29, 1.82) is 0 Å². The summed E-state index contributed by atoms with van der Waals surface area (Å²) >= 11 is 1.78. The maximum Gasteiger partial charge on any atom is 0.191 e. The first-order valence-electron chi connectivity index (χ1n) is 9.43. The van der Waals surface area contributed by atoms with Gasteiger partial charge in [-0.1, -0.05) is 19.8 Å². The van der Waals surface area contributed by atoms with E-state index in [9.17, 15) is 0 Å². The number of nitrogens with one attached hydrogen (secondary N) is 2. The molecule has 0 radical (unpaired) electrons. The number of piperidine rings is 1. The number of aromatic nitrogens is 1. The summed E-state index contributed by atoms with van der Waals surface area (Å²) < 4.78 is 0. The Balaban J connectivity index is 1.41. The summed E-state index contributed by atoms with van der Waals surface area (Å²) in [6, 6.07) is 1.40. The first-order valence-corrected chi connectivity index (χ1v) is 10.2. The molecule has 0 aromatic carbocycles. The zero-order valence-electron chi connectivity index (χ0n) is 15.1. The number of hydrogen-bond acceptors (Lipinski definition) is 4. The highest BCUT2D eigenvalue weighted by Crippen LogP contribution is 2.26. The zero-order chi connectivity index (χ0) is 16.8. The second kappa shape index (κ2) is 8.81. The number of likely N-dealkylation sites (tertiary alicyclic amines) is 1. The molecule has 24 heavy (non-hydrogen) atoms. The second-order valence-corrected chi connectivity index (χ2v) is 8.09. The van der Waals surface area contributed by atoms with Crippen molar-refractivity contribution < 1.29 is 0 Å². The molecule has 6 heteroatoms. The maximum absolute atomic E-state index is 4.46. The van der Waals surface area contributed by atoms with Crippen LogP contribution < -0.4 is 10.6 Å². The molecule has 0 atom stereocenters. The first kappa shape index (κ1) is 17.7. The van der Waals surface area contributed by atoms with Crippen LogP contribution in [-0.4, -0.2) is 48.1 Å². The molecule has 5 nitrogen and oxygen atoms in total. The summed E-state index contributed by atoms with van der Waals surface area (Å²) in [7, 11) is 1.85. The Morgan fingerprint density at radius 1 is 1.29 bits per heavy atom. The van der Waals surface area contributed by atoms with Crippen molar-refractivity contribution >= 4 is 17.3 Å². The van der Waals surface area contributed by atoms with Crippen LogP contribution in [0.5, 0.6) is 0 Å². The smallest absolute Gasteiger partial charge is 0.191 e. The van der Waals surface area contributed by atoms with E-state index in [-0.39, 0.29) is 0 Å². The van der Waals surface area contributed by atoms with Crippen molar-refractivity contribution in [1.82, 2.24) is 20.5 Å². The van der Waals surface area contributed by atoms with E-state index in [1.54, 1.807) is 11.3 Å². The summed E-state index contributed by atoms with van der Waals surface area (Å²) in [6.45, 7) is 5.38. The molecule has 1 aliphatic heterocycles. The molecule has 2 N–H and O–H groups in total. The van der Waals surface area contributed by atoms with Crippen molar-refractivity contribution in [2.24, 2.45) is 4.99 Å². The summed E-state index contributed by atoms with van der Waals surface area (Å²) in [5.41, 5.74) is 0. The highest BCUT2D eigenvalue weighted by Gasteiger charge is 2.27. The predicted molar refractivity (Wildman–Crippen MR) is 102 cm³/mol. The SMILES string of the molecule is CCc1cnc(CNC(=NC)NC2CCN(C3CCCC3)CC2)s1. The lowest BCUT2D eigenvalue weighted by molar-refractivity contribution is 0.150. The van der Waals surface area contributed by atoms with Gasteiger partial charge in [0.05, 0.1) is 6.54 Å². The molecule has 2 aliphatic rings. The van der Waals surface area contributed by atoms with Gasteiger partial charge >= 0.3 is 0 Å². The molecule has 134 valence electrons. The van der Waals surface area contributed by atoms with Gasteiger partial charge in [-0.25, -0.2) is 4.98 Å². The van der Waals surface area contributed by atoms with E-state index in [1.807, 2.05) is 13.2 Å². The first-order chi connectivity index (χ1) is 11.8. The van der Waals surface area contributed by atoms with Crippen molar-refractivity contribution in [3.05, 3.63) is 16.1 Å². The molecule has 2 fully saturated rings. The number of guanidine groups is 1. The Morgan fingerprint density at radius 2 is 2.04 bits per heavy atom. The van der Waals surface area contributed by atoms with Crippen molar-refractivity contribution in [2.45, 2.75) is 70.5 Å². The van der Waals surface area contributed by atoms with Crippen molar-refractivity contribution in [3.63, 3.8) is 0 Å². The van der Waals surface area contributed by atoms with E-state index < -0.39 is 0 Å². The van der Waals surface area contributed by atoms with Gasteiger partial charge < -0.3 is 15.5 Å². The van der Waals surface area contributed by atoms with Gasteiger partial charge in [0.25, 0.3) is 0 Å². The van der Waals surface area contributed by atoms with E-state index in [4.69, 9.17) is 0 Å². The Morgan fingerprint density at radius 3 is 2.67 bits per heavy atom. The molecule has 1 aromatic rings. The molecule has 1 saturated heterocycles. The lowest BCUT2D eigenvalue weighted by Gasteiger charge is -2.36. The second-order valence-electron chi connectivity index (χ2n) is 6.89. The van der Waals surface area contributed by atoms with Gasteiger partial charge in [-0.2, -0.15) is 0 Å². The van der Waals surface area contributed by atoms with Crippen LogP contribution in [0.2, 0.25) is 0 Å². The molecule has 2 heterocycles. The minimum atomic E-state index is 0.538. The highest BCUT2D eigenvalue weighted by atomic mass is 32.1. The standard InChI is InChI=1S/C18H31N5S/c1-3-16-12-20-17(24-16)13-21-18(19-2)22-14-8-10-23(11-9-14)15-6-4-5-7-15/h12,14-15H,3-11,13H2,1-2H3,(H2,19,21,22). The molecule has 0 spiro atoms. The van der Waals surface area contributed by atoms with Crippen LogP contribution >= 0.6 is 11.3 Å². The Labute approximate surface area is 150 Å². The third-order valence-corrected chi connectivity index (χ3v) is 6.43. The van der Waals surface area contributed by atoms with Gasteiger partial charge in [0, 0.05) is 43.3 Å². The molecule has 0 unspecified atom stereocenters. The number of thiazole rings is 1. The normalized spacial score (nSPS) is 21.3. The minimum absolute atomic E-state index is 0.538. The predicted octanol–water partition coefficient (Wildman–Crippen LogP) is 2.78. The van der Waals surface area contributed by atoms with E-state index in [0.29, 0.717) is 6.04 Å². The molecular weight excluding hydrogens is 318 g/mol. The van der Waals surface area contributed by atoms with E-state index in [2.05, 4.69) is 32.4 Å².